The summed E-state index contributed by atoms with van der Waals surface area (Å²) in [7, 11) is 0. The van der Waals surface area contributed by atoms with Crippen LogP contribution >= 0.6 is 11.3 Å². The van der Waals surface area contributed by atoms with Crippen molar-refractivity contribution >= 4 is 11.3 Å². The standard InChI is InChI=1S/C14H22N2OS/c1-10-2-3-11(8-17)6-16(10)7-13-9-18-14(15-13)12-4-5-12/h9-12,17H,2-8H2,1H3. The molecule has 1 aliphatic carbocycles. The minimum Gasteiger partial charge on any atom is -0.396 e. The normalized spacial score (nSPS) is 29.7. The number of piperidine rings is 1. The fourth-order valence-corrected chi connectivity index (χ4v) is 3.74. The maximum Gasteiger partial charge on any atom is 0.0959 e. The van der Waals surface area contributed by atoms with Gasteiger partial charge in [0.25, 0.3) is 0 Å². The fourth-order valence-electron chi connectivity index (χ4n) is 2.75. The molecule has 1 aromatic rings. The Balaban J connectivity index is 1.62. The lowest BCUT2D eigenvalue weighted by Crippen LogP contribution is -2.42. The van der Waals surface area contributed by atoms with E-state index in [1.165, 1.54) is 36.4 Å². The van der Waals surface area contributed by atoms with Crippen molar-refractivity contribution in [2.75, 3.05) is 13.2 Å². The van der Waals surface area contributed by atoms with Crippen molar-refractivity contribution in [2.24, 2.45) is 5.92 Å². The van der Waals surface area contributed by atoms with Crippen molar-refractivity contribution in [3.05, 3.63) is 16.1 Å². The number of aliphatic hydroxyl groups is 1. The van der Waals surface area contributed by atoms with Gasteiger partial charge in [0.1, 0.15) is 0 Å². The summed E-state index contributed by atoms with van der Waals surface area (Å²) in [4.78, 5) is 7.25. The molecule has 2 aliphatic rings. The lowest BCUT2D eigenvalue weighted by atomic mass is 9.94. The Morgan fingerprint density at radius 1 is 1.39 bits per heavy atom. The van der Waals surface area contributed by atoms with Crippen LogP contribution in [0.2, 0.25) is 0 Å². The van der Waals surface area contributed by atoms with Gasteiger partial charge in [-0.1, -0.05) is 0 Å². The highest BCUT2D eigenvalue weighted by Gasteiger charge is 2.28. The van der Waals surface area contributed by atoms with Gasteiger partial charge in [-0.25, -0.2) is 4.98 Å². The molecule has 1 aliphatic heterocycles. The Labute approximate surface area is 113 Å². The second-order valence-corrected chi connectivity index (χ2v) is 6.75. The highest BCUT2D eigenvalue weighted by atomic mass is 32.1. The molecule has 0 bridgehead atoms. The maximum absolute atomic E-state index is 9.31. The summed E-state index contributed by atoms with van der Waals surface area (Å²) < 4.78 is 0. The van der Waals surface area contributed by atoms with E-state index in [-0.39, 0.29) is 0 Å². The third-order valence-corrected chi connectivity index (χ3v) is 5.28. The van der Waals surface area contributed by atoms with Crippen LogP contribution in [-0.2, 0) is 6.54 Å². The molecule has 0 spiro atoms. The van der Waals surface area contributed by atoms with Crippen molar-refractivity contribution in [3.63, 3.8) is 0 Å². The quantitative estimate of drug-likeness (QED) is 0.910. The first kappa shape index (κ1) is 12.6. The number of hydrogen-bond acceptors (Lipinski definition) is 4. The van der Waals surface area contributed by atoms with Gasteiger partial charge in [0.15, 0.2) is 0 Å². The molecule has 3 nitrogen and oxygen atoms in total. The van der Waals surface area contributed by atoms with Gasteiger partial charge < -0.3 is 5.11 Å². The Bertz CT molecular complexity index is 402. The molecule has 1 aromatic heterocycles. The molecule has 2 atom stereocenters. The summed E-state index contributed by atoms with van der Waals surface area (Å²) in [6, 6.07) is 0.624. The minimum absolute atomic E-state index is 0.327. The monoisotopic (exact) mass is 266 g/mol. The molecule has 0 radical (unpaired) electrons. The largest absolute Gasteiger partial charge is 0.396 e. The van der Waals surface area contributed by atoms with E-state index in [9.17, 15) is 5.11 Å². The van der Waals surface area contributed by atoms with E-state index in [1.54, 1.807) is 0 Å². The average Bonchev–Trinajstić information content (AvgIpc) is 3.13. The summed E-state index contributed by atoms with van der Waals surface area (Å²) in [5.74, 6) is 1.23. The van der Waals surface area contributed by atoms with Gasteiger partial charge in [-0.05, 0) is 38.5 Å². The van der Waals surface area contributed by atoms with Gasteiger partial charge in [0, 0.05) is 37.0 Å². The van der Waals surface area contributed by atoms with E-state index in [1.807, 2.05) is 11.3 Å². The lowest BCUT2D eigenvalue weighted by molar-refractivity contribution is 0.0763. The number of hydrogen-bond donors (Lipinski definition) is 1. The number of nitrogens with zero attached hydrogens (tertiary/aromatic N) is 2. The van der Waals surface area contributed by atoms with Crippen molar-refractivity contribution in [1.82, 2.24) is 9.88 Å². The molecule has 2 unspecified atom stereocenters. The topological polar surface area (TPSA) is 36.4 Å². The Morgan fingerprint density at radius 3 is 2.94 bits per heavy atom. The van der Waals surface area contributed by atoms with E-state index >= 15 is 0 Å². The zero-order valence-electron chi connectivity index (χ0n) is 11.0. The van der Waals surface area contributed by atoms with Gasteiger partial charge in [-0.3, -0.25) is 4.90 Å². The predicted molar refractivity (Wildman–Crippen MR) is 73.8 cm³/mol. The predicted octanol–water partition coefficient (Wildman–Crippen LogP) is 2.61. The second kappa shape index (κ2) is 5.27. The molecule has 4 heteroatoms. The SMILES string of the molecule is CC1CCC(CO)CN1Cc1csc(C2CC2)n1. The first-order valence-corrected chi connectivity index (χ1v) is 7.93. The van der Waals surface area contributed by atoms with Crippen molar-refractivity contribution in [2.45, 2.75) is 51.1 Å². The molecule has 3 rings (SSSR count). The van der Waals surface area contributed by atoms with Gasteiger partial charge >= 0.3 is 0 Å². The van der Waals surface area contributed by atoms with Crippen LogP contribution in [0.25, 0.3) is 0 Å². The highest BCUT2D eigenvalue weighted by molar-refractivity contribution is 7.09. The number of rotatable bonds is 4. The fraction of sp³-hybridized carbons (Fsp3) is 0.786. The third-order valence-electron chi connectivity index (χ3n) is 4.23. The first-order valence-electron chi connectivity index (χ1n) is 7.05. The molecular weight excluding hydrogens is 244 g/mol. The molecule has 18 heavy (non-hydrogen) atoms. The molecule has 0 amide bonds. The lowest BCUT2D eigenvalue weighted by Gasteiger charge is -2.36. The van der Waals surface area contributed by atoms with E-state index < -0.39 is 0 Å². The summed E-state index contributed by atoms with van der Waals surface area (Å²) in [5.41, 5.74) is 1.23. The van der Waals surface area contributed by atoms with Crippen LogP contribution in [-0.4, -0.2) is 34.2 Å². The Morgan fingerprint density at radius 2 is 2.22 bits per heavy atom. The van der Waals surface area contributed by atoms with Crippen molar-refractivity contribution in [1.29, 1.82) is 0 Å². The molecule has 1 N–H and O–H groups in total. The van der Waals surface area contributed by atoms with Crippen molar-refractivity contribution in [3.8, 4) is 0 Å². The number of aliphatic hydroxyl groups excluding tert-OH is 1. The first-order chi connectivity index (χ1) is 8.76. The van der Waals surface area contributed by atoms with E-state index in [2.05, 4.69) is 17.2 Å². The van der Waals surface area contributed by atoms with Crippen LogP contribution in [0.4, 0.5) is 0 Å². The number of aromatic nitrogens is 1. The third kappa shape index (κ3) is 2.76. The molecule has 100 valence electrons. The molecule has 1 saturated carbocycles. The highest BCUT2D eigenvalue weighted by Crippen LogP contribution is 2.41. The summed E-state index contributed by atoms with van der Waals surface area (Å²) >= 11 is 1.83. The molecule has 2 fully saturated rings. The van der Waals surface area contributed by atoms with E-state index in [0.717, 1.165) is 19.0 Å². The van der Waals surface area contributed by atoms with Crippen LogP contribution < -0.4 is 0 Å². The Kier molecular flexibility index (Phi) is 3.68. The minimum atomic E-state index is 0.327. The van der Waals surface area contributed by atoms with Crippen molar-refractivity contribution < 1.29 is 5.11 Å². The van der Waals surface area contributed by atoms with Crippen LogP contribution in [0.15, 0.2) is 5.38 Å². The van der Waals surface area contributed by atoms with E-state index in [4.69, 9.17) is 4.98 Å². The van der Waals surface area contributed by atoms with Crippen LogP contribution in [0.3, 0.4) is 0 Å². The van der Waals surface area contributed by atoms with Crippen LogP contribution in [0, 0.1) is 5.92 Å². The molecule has 1 saturated heterocycles. The summed E-state index contributed by atoms with van der Waals surface area (Å²) in [6.07, 6.45) is 5.03. The summed E-state index contributed by atoms with van der Waals surface area (Å²) in [5, 5.41) is 12.9. The molecular formula is C14H22N2OS. The van der Waals surface area contributed by atoms with Gasteiger partial charge in [-0.2, -0.15) is 0 Å². The number of thiazole rings is 1. The van der Waals surface area contributed by atoms with Crippen LogP contribution in [0.5, 0.6) is 0 Å². The summed E-state index contributed by atoms with van der Waals surface area (Å²) in [6.45, 7) is 4.60. The smallest absolute Gasteiger partial charge is 0.0959 e. The Hall–Kier alpha value is -0.450. The second-order valence-electron chi connectivity index (χ2n) is 5.86. The van der Waals surface area contributed by atoms with Gasteiger partial charge in [0.05, 0.1) is 10.7 Å². The maximum atomic E-state index is 9.31. The average molecular weight is 266 g/mol. The van der Waals surface area contributed by atoms with Gasteiger partial charge in [0.2, 0.25) is 0 Å². The molecule has 0 aromatic carbocycles. The zero-order valence-corrected chi connectivity index (χ0v) is 11.8. The zero-order chi connectivity index (χ0) is 12.5. The molecule has 2 heterocycles. The van der Waals surface area contributed by atoms with Crippen LogP contribution in [0.1, 0.15) is 49.2 Å². The van der Waals surface area contributed by atoms with Gasteiger partial charge in [-0.15, -0.1) is 11.3 Å². The number of likely N-dealkylation sites (tertiary alicyclic amines) is 1. The van der Waals surface area contributed by atoms with E-state index in [0.29, 0.717) is 18.6 Å².